The van der Waals surface area contributed by atoms with Crippen molar-refractivity contribution >= 4 is 23.7 Å². The number of aromatic nitrogens is 2. The number of alkyl halides is 3. The van der Waals surface area contributed by atoms with Crippen LogP contribution in [-0.4, -0.2) is 21.9 Å². The molecule has 3 aromatic rings. The predicted molar refractivity (Wildman–Crippen MR) is 96.8 cm³/mol. The molecule has 1 amide bonds. The van der Waals surface area contributed by atoms with Crippen molar-refractivity contribution in [3.8, 4) is 5.69 Å². The van der Waals surface area contributed by atoms with Gasteiger partial charge < -0.3 is 4.42 Å². The summed E-state index contributed by atoms with van der Waals surface area (Å²) < 4.78 is 45.0. The van der Waals surface area contributed by atoms with Crippen molar-refractivity contribution in [2.75, 3.05) is 0 Å². The van der Waals surface area contributed by atoms with Crippen molar-refractivity contribution in [1.29, 1.82) is 0 Å². The zero-order valence-corrected chi connectivity index (χ0v) is 15.5. The van der Waals surface area contributed by atoms with Crippen LogP contribution in [0.4, 0.5) is 13.2 Å². The smallest absolute Gasteiger partial charge is 0.416 e. The third-order valence-electron chi connectivity index (χ3n) is 3.93. The maximum absolute atomic E-state index is 12.9. The van der Waals surface area contributed by atoms with Crippen LogP contribution in [0.25, 0.3) is 5.69 Å². The fourth-order valence-corrected chi connectivity index (χ4v) is 2.80. The summed E-state index contributed by atoms with van der Waals surface area (Å²) in [5, 5.41) is 8.07. The molecule has 146 valence electrons. The lowest BCUT2D eigenvalue weighted by molar-refractivity contribution is -0.137. The number of rotatable bonds is 4. The molecular formula is C18H14ClF3N4O2. The molecule has 3 rings (SSSR count). The van der Waals surface area contributed by atoms with Gasteiger partial charge in [0.05, 0.1) is 40.5 Å². The zero-order valence-electron chi connectivity index (χ0n) is 14.7. The van der Waals surface area contributed by atoms with Crippen LogP contribution < -0.4 is 5.43 Å². The molecule has 0 radical (unpaired) electrons. The Hall–Kier alpha value is -3.07. The Morgan fingerprint density at radius 2 is 2.07 bits per heavy atom. The number of hydrazone groups is 1. The minimum Gasteiger partial charge on any atom is -0.469 e. The molecule has 0 aliphatic rings. The van der Waals surface area contributed by atoms with Gasteiger partial charge in [-0.2, -0.15) is 23.4 Å². The normalized spacial score (nSPS) is 11.9. The molecule has 1 N–H and O–H groups in total. The first-order chi connectivity index (χ1) is 13.2. The number of furan rings is 1. The molecule has 2 aromatic heterocycles. The minimum absolute atomic E-state index is 0.0642. The number of hydrogen-bond acceptors (Lipinski definition) is 4. The molecule has 0 saturated heterocycles. The quantitative estimate of drug-likeness (QED) is 0.507. The van der Waals surface area contributed by atoms with Gasteiger partial charge in [-0.05, 0) is 38.1 Å². The average Bonchev–Trinajstić information content (AvgIpc) is 3.19. The van der Waals surface area contributed by atoms with Gasteiger partial charge in [-0.15, -0.1) is 0 Å². The highest BCUT2D eigenvalue weighted by molar-refractivity contribution is 6.32. The van der Waals surface area contributed by atoms with Crippen LogP contribution in [0, 0.1) is 13.8 Å². The van der Waals surface area contributed by atoms with E-state index < -0.39 is 17.6 Å². The molecule has 0 aliphatic heterocycles. The Balaban J connectivity index is 1.85. The van der Waals surface area contributed by atoms with Crippen LogP contribution in [0.2, 0.25) is 5.15 Å². The molecule has 0 atom stereocenters. The molecule has 0 fully saturated rings. The fourth-order valence-electron chi connectivity index (χ4n) is 2.48. The van der Waals surface area contributed by atoms with Gasteiger partial charge in [0.2, 0.25) is 0 Å². The van der Waals surface area contributed by atoms with Crippen molar-refractivity contribution in [1.82, 2.24) is 15.2 Å². The van der Waals surface area contributed by atoms with E-state index in [0.29, 0.717) is 22.6 Å². The van der Waals surface area contributed by atoms with Gasteiger partial charge in [-0.1, -0.05) is 17.7 Å². The van der Waals surface area contributed by atoms with Crippen LogP contribution in [0.1, 0.15) is 32.9 Å². The van der Waals surface area contributed by atoms with Gasteiger partial charge in [0, 0.05) is 0 Å². The topological polar surface area (TPSA) is 72.4 Å². The van der Waals surface area contributed by atoms with Crippen LogP contribution in [0.3, 0.4) is 0 Å². The molecule has 0 bridgehead atoms. The van der Waals surface area contributed by atoms with E-state index in [-0.39, 0.29) is 10.8 Å². The minimum atomic E-state index is -4.48. The first kappa shape index (κ1) is 19.7. The highest BCUT2D eigenvalue weighted by Gasteiger charge is 2.30. The molecule has 28 heavy (non-hydrogen) atoms. The number of nitrogens with zero attached hydrogens (tertiary/aromatic N) is 3. The average molecular weight is 411 g/mol. The number of carbonyl (C=O) groups is 1. The van der Waals surface area contributed by atoms with E-state index >= 15 is 0 Å². The lowest BCUT2D eigenvalue weighted by atomic mass is 10.2. The van der Waals surface area contributed by atoms with Gasteiger partial charge >= 0.3 is 6.18 Å². The number of benzene rings is 1. The zero-order chi connectivity index (χ0) is 20.5. The summed E-state index contributed by atoms with van der Waals surface area (Å²) in [6.07, 6.45) is -1.82. The maximum Gasteiger partial charge on any atom is 0.416 e. The fraction of sp³-hybridized carbons (Fsp3) is 0.167. The number of amides is 1. The van der Waals surface area contributed by atoms with Crippen LogP contribution in [0.15, 0.2) is 46.1 Å². The summed E-state index contributed by atoms with van der Waals surface area (Å²) in [6, 6.07) is 6.14. The summed E-state index contributed by atoms with van der Waals surface area (Å²) in [5.41, 5.74) is 2.80. The van der Waals surface area contributed by atoms with E-state index in [2.05, 4.69) is 15.6 Å². The number of aryl methyl sites for hydroxylation is 2. The van der Waals surface area contributed by atoms with Crippen molar-refractivity contribution in [2.24, 2.45) is 5.10 Å². The predicted octanol–water partition coefficient (Wildman–Crippen LogP) is 4.52. The van der Waals surface area contributed by atoms with Crippen molar-refractivity contribution < 1.29 is 22.4 Å². The third-order valence-corrected chi connectivity index (χ3v) is 4.29. The van der Waals surface area contributed by atoms with E-state index in [4.69, 9.17) is 16.0 Å². The largest absolute Gasteiger partial charge is 0.469 e. The molecule has 1 aromatic carbocycles. The van der Waals surface area contributed by atoms with E-state index in [1.807, 2.05) is 0 Å². The Morgan fingerprint density at radius 1 is 1.32 bits per heavy atom. The molecule has 0 saturated carbocycles. The summed E-state index contributed by atoms with van der Waals surface area (Å²) in [6.45, 7) is 3.26. The molecular weight excluding hydrogens is 397 g/mol. The number of hydrogen-bond donors (Lipinski definition) is 1. The summed E-state index contributed by atoms with van der Waals surface area (Å²) in [5.74, 6) is -0.0270. The maximum atomic E-state index is 12.9. The van der Waals surface area contributed by atoms with Gasteiger partial charge in [-0.25, -0.2) is 10.1 Å². The molecule has 6 nitrogen and oxygen atoms in total. The second-order valence-electron chi connectivity index (χ2n) is 5.84. The molecule has 0 aliphatic carbocycles. The third kappa shape index (κ3) is 3.94. The summed E-state index contributed by atoms with van der Waals surface area (Å²) in [4.78, 5) is 12.0. The Labute approximate surface area is 162 Å². The Bertz CT molecular complexity index is 1050. The second kappa shape index (κ2) is 7.51. The number of nitrogens with one attached hydrogen (secondary N) is 1. The highest BCUT2D eigenvalue weighted by Crippen LogP contribution is 2.31. The van der Waals surface area contributed by atoms with Crippen LogP contribution in [0.5, 0.6) is 0 Å². The van der Waals surface area contributed by atoms with Gasteiger partial charge in [0.1, 0.15) is 10.9 Å². The molecule has 0 spiro atoms. The lowest BCUT2D eigenvalue weighted by Crippen LogP contribution is -2.17. The summed E-state index contributed by atoms with van der Waals surface area (Å²) >= 11 is 6.27. The highest BCUT2D eigenvalue weighted by atomic mass is 35.5. The standard InChI is InChI=1S/C18H14ClF3N4O2/c1-10-15(9-23-24-17(27)14-6-7-28-11(14)2)16(19)26(25-10)13-5-3-4-12(8-13)18(20,21)22/h3-9H,1-2H3,(H,24,27)/b23-9-. The van der Waals surface area contributed by atoms with E-state index in [9.17, 15) is 18.0 Å². The first-order valence-corrected chi connectivity index (χ1v) is 8.36. The van der Waals surface area contributed by atoms with E-state index in [1.54, 1.807) is 13.8 Å². The van der Waals surface area contributed by atoms with Crippen molar-refractivity contribution in [3.63, 3.8) is 0 Å². The Kier molecular flexibility index (Phi) is 5.28. The SMILES string of the molecule is Cc1nn(-c2cccc(C(F)(F)F)c2)c(Cl)c1/C=N\NC(=O)c1ccoc1C. The van der Waals surface area contributed by atoms with Gasteiger partial charge in [0.25, 0.3) is 5.91 Å². The van der Waals surface area contributed by atoms with Crippen molar-refractivity contribution in [2.45, 2.75) is 20.0 Å². The molecule has 10 heteroatoms. The Morgan fingerprint density at radius 3 is 2.71 bits per heavy atom. The van der Waals surface area contributed by atoms with Crippen LogP contribution >= 0.6 is 11.6 Å². The van der Waals surface area contributed by atoms with E-state index in [0.717, 1.165) is 12.1 Å². The number of carbonyl (C=O) groups excluding carboxylic acids is 1. The number of halogens is 4. The second-order valence-corrected chi connectivity index (χ2v) is 6.20. The lowest BCUT2D eigenvalue weighted by Gasteiger charge is -2.09. The monoisotopic (exact) mass is 410 g/mol. The molecule has 2 heterocycles. The first-order valence-electron chi connectivity index (χ1n) is 7.98. The van der Waals surface area contributed by atoms with Crippen LogP contribution in [-0.2, 0) is 6.18 Å². The van der Waals surface area contributed by atoms with E-state index in [1.165, 1.54) is 35.4 Å². The van der Waals surface area contributed by atoms with Gasteiger partial charge in [-0.3, -0.25) is 4.79 Å². The molecule has 0 unspecified atom stereocenters. The summed E-state index contributed by atoms with van der Waals surface area (Å²) in [7, 11) is 0. The van der Waals surface area contributed by atoms with Crippen molar-refractivity contribution in [3.05, 3.63) is 69.9 Å². The van der Waals surface area contributed by atoms with Gasteiger partial charge in [0.15, 0.2) is 0 Å².